The number of aliphatic hydroxyl groups is 2. The highest BCUT2D eigenvalue weighted by atomic mass is 16.7. The molecular formula is C45H60N4O12. The Hall–Kier alpha value is -5.16. The molecule has 5 heterocycles. The molecule has 10 atom stereocenters. The second-order valence-electron chi connectivity index (χ2n) is 17.1. The highest BCUT2D eigenvalue weighted by Gasteiger charge is 2.50. The minimum Gasteiger partial charge on any atom is -0.507 e. The number of phenolic OH excluding ortho intramolecular Hbond substituents is 3. The molecule has 16 heteroatoms. The fourth-order valence-corrected chi connectivity index (χ4v) is 9.09. The first-order valence-electron chi connectivity index (χ1n) is 20.9. The molecule has 61 heavy (non-hydrogen) atoms. The van der Waals surface area contributed by atoms with Crippen molar-refractivity contribution >= 4 is 40.3 Å². The van der Waals surface area contributed by atoms with Crippen LogP contribution in [-0.4, -0.2) is 129 Å². The van der Waals surface area contributed by atoms with Gasteiger partial charge in [-0.2, -0.15) is 5.10 Å². The first kappa shape index (κ1) is 45.4. The van der Waals surface area contributed by atoms with Gasteiger partial charge in [0.05, 0.1) is 59.5 Å². The Morgan fingerprint density at radius 1 is 0.967 bits per heavy atom. The average molecular weight is 849 g/mol. The Balaban J connectivity index is 1.50. The van der Waals surface area contributed by atoms with Gasteiger partial charge in [-0.25, -0.2) is 0 Å². The van der Waals surface area contributed by atoms with Crippen LogP contribution >= 0.6 is 0 Å². The molecule has 0 saturated carbocycles. The van der Waals surface area contributed by atoms with E-state index < -0.39 is 88.8 Å². The molecule has 16 nitrogen and oxygen atoms in total. The number of piperazine rings is 1. The van der Waals surface area contributed by atoms with Crippen molar-refractivity contribution in [1.29, 1.82) is 0 Å². The third-order valence-electron chi connectivity index (χ3n) is 12.9. The van der Waals surface area contributed by atoms with E-state index >= 15 is 0 Å². The van der Waals surface area contributed by atoms with E-state index in [1.165, 1.54) is 59.4 Å². The zero-order valence-corrected chi connectivity index (χ0v) is 36.3. The van der Waals surface area contributed by atoms with Crippen molar-refractivity contribution in [3.05, 3.63) is 52.8 Å². The van der Waals surface area contributed by atoms with Crippen LogP contribution in [0.4, 0.5) is 5.69 Å². The number of hydrogen-bond donors (Lipinski definition) is 6. The van der Waals surface area contributed by atoms with E-state index in [0.717, 1.165) is 25.9 Å². The monoisotopic (exact) mass is 848 g/mol. The van der Waals surface area contributed by atoms with Gasteiger partial charge in [-0.1, -0.05) is 45.9 Å². The lowest BCUT2D eigenvalue weighted by Crippen LogP contribution is -2.48. The molecule has 0 aliphatic carbocycles. The summed E-state index contributed by atoms with van der Waals surface area (Å²) in [4.78, 5) is 43.1. The molecule has 1 unspecified atom stereocenters. The van der Waals surface area contributed by atoms with Crippen LogP contribution in [0.25, 0.3) is 10.8 Å². The third kappa shape index (κ3) is 8.68. The summed E-state index contributed by atoms with van der Waals surface area (Å²) in [5.41, 5.74) is -0.294. The van der Waals surface area contributed by atoms with E-state index in [1.54, 1.807) is 39.8 Å². The maximum atomic E-state index is 14.5. The van der Waals surface area contributed by atoms with E-state index in [4.69, 9.17) is 18.9 Å². The first-order valence-corrected chi connectivity index (χ1v) is 20.9. The van der Waals surface area contributed by atoms with Crippen molar-refractivity contribution in [3.8, 4) is 23.0 Å². The number of nitrogens with one attached hydrogen (secondary N) is 1. The fraction of sp³-hybridized carbons (Fsp3) is 0.556. The predicted molar refractivity (Wildman–Crippen MR) is 228 cm³/mol. The number of hydrogen-bond acceptors (Lipinski definition) is 15. The number of allylic oxidation sites excluding steroid dienone is 2. The van der Waals surface area contributed by atoms with Gasteiger partial charge >= 0.3 is 11.8 Å². The van der Waals surface area contributed by atoms with Gasteiger partial charge in [-0.15, -0.1) is 0 Å². The highest BCUT2D eigenvalue weighted by molar-refractivity contribution is 6.23. The van der Waals surface area contributed by atoms with Crippen molar-refractivity contribution in [1.82, 2.24) is 9.91 Å². The number of carbonyl (C=O) groups is 3. The Labute approximate surface area is 356 Å². The van der Waals surface area contributed by atoms with Crippen LogP contribution in [-0.2, 0) is 23.8 Å². The van der Waals surface area contributed by atoms with Crippen LogP contribution in [0.3, 0.4) is 0 Å². The number of methoxy groups -OCH3 is 1. The van der Waals surface area contributed by atoms with Crippen LogP contribution in [0.5, 0.6) is 23.0 Å². The van der Waals surface area contributed by atoms with Gasteiger partial charge < -0.3 is 49.8 Å². The van der Waals surface area contributed by atoms with Crippen molar-refractivity contribution in [2.75, 3.05) is 38.6 Å². The highest BCUT2D eigenvalue weighted by Crippen LogP contribution is 2.55. The lowest BCUT2D eigenvalue weighted by Gasteiger charge is -2.38. The van der Waals surface area contributed by atoms with Crippen LogP contribution in [0.1, 0.15) is 82.8 Å². The zero-order valence-electron chi connectivity index (χ0n) is 36.3. The Kier molecular flexibility index (Phi) is 13.4. The molecule has 2 saturated heterocycles. The summed E-state index contributed by atoms with van der Waals surface area (Å²) in [5.74, 6) is -8.28. The number of fused-ring (bicyclic) bond motifs is 15. The molecule has 5 aliphatic heterocycles. The summed E-state index contributed by atoms with van der Waals surface area (Å²) < 4.78 is 23.7. The maximum Gasteiger partial charge on any atom is 0.312 e. The Bertz CT molecular complexity index is 2170. The summed E-state index contributed by atoms with van der Waals surface area (Å²) in [6.45, 7) is 15.6. The smallest absolute Gasteiger partial charge is 0.312 e. The molecule has 6 N–H and O–H groups in total. The van der Waals surface area contributed by atoms with Crippen molar-refractivity contribution in [3.63, 3.8) is 0 Å². The topological polar surface area (TPSA) is 220 Å². The van der Waals surface area contributed by atoms with E-state index in [0.29, 0.717) is 19.1 Å². The largest absolute Gasteiger partial charge is 0.507 e. The van der Waals surface area contributed by atoms with Gasteiger partial charge in [-0.3, -0.25) is 24.3 Å². The number of esters is 1. The SMILES string of the molecule is CO[C@H]1/C=C/O[C@@]2(C)Oc3c(C)c(O)c4c(O)c(c(/C=N/N5CCN6CCCC6C5)c(O)c4c3C2=O)NC(=O)/C(C)=C\C=C\[C@H](C)[C@H](O)[C@@H](C)[C@@H](O)[C@@H](C)[C@H](OC(C)=O)[C@@H]1C. The van der Waals surface area contributed by atoms with Gasteiger partial charge in [-0.05, 0) is 39.3 Å². The van der Waals surface area contributed by atoms with Gasteiger partial charge in [0.2, 0.25) is 0 Å². The summed E-state index contributed by atoms with van der Waals surface area (Å²) in [6.07, 6.45) is 7.06. The number of Topliss-reactive ketones (excluding diaryl/α,β-unsaturated/α-hetero) is 1. The number of benzene rings is 2. The second-order valence-corrected chi connectivity index (χ2v) is 17.1. The van der Waals surface area contributed by atoms with Crippen LogP contribution < -0.4 is 10.1 Å². The number of aromatic hydroxyl groups is 3. The standard InChI is InChI=1S/C45H60N4O12/c1-22-12-10-13-23(2)44(57)47-35-30(20-46-49-18-17-48-16-11-14-29(48)21-49)39(54)32-33(40(35)55)38(53)27(6)42-34(32)43(56)45(8,61-42)59-19-15-31(58-9)24(3)41(60-28(7)50)26(5)37(52)25(4)36(22)51/h10,12-13,15,19-20,22,24-26,29,31,36-37,41,51-55H,11,14,16-18,21H2,1-9H3,(H,47,57)/b12-10+,19-15+,23-13-,46-20+/t22-,24+,25+,26+,29?,31-,36-,37+,41+,45-/m0/s1. The number of ketones is 1. The Morgan fingerprint density at radius 3 is 2.38 bits per heavy atom. The number of nitrogens with zero attached hydrogens (tertiary/aromatic N) is 3. The van der Waals surface area contributed by atoms with Crippen molar-refractivity contribution < 1.29 is 58.9 Å². The predicted octanol–water partition coefficient (Wildman–Crippen LogP) is 4.87. The number of amides is 1. The van der Waals surface area contributed by atoms with Crippen LogP contribution in [0, 0.1) is 30.6 Å². The molecule has 5 aliphatic rings. The van der Waals surface area contributed by atoms with Crippen LogP contribution in [0.2, 0.25) is 0 Å². The molecular weight excluding hydrogens is 789 g/mol. The van der Waals surface area contributed by atoms with E-state index in [9.17, 15) is 39.9 Å². The molecule has 0 aromatic heterocycles. The number of phenols is 3. The fourth-order valence-electron chi connectivity index (χ4n) is 9.09. The summed E-state index contributed by atoms with van der Waals surface area (Å²) in [5, 5.41) is 67.4. The molecule has 2 fully saturated rings. The van der Waals surface area contributed by atoms with E-state index in [1.807, 2.05) is 5.01 Å². The van der Waals surface area contributed by atoms with Crippen LogP contribution in [0.15, 0.2) is 41.2 Å². The van der Waals surface area contributed by atoms with E-state index in [-0.39, 0.29) is 44.5 Å². The van der Waals surface area contributed by atoms with Crippen molar-refractivity contribution in [2.45, 2.75) is 104 Å². The summed E-state index contributed by atoms with van der Waals surface area (Å²) in [7, 11) is 1.44. The second kappa shape index (κ2) is 18.1. The third-order valence-corrected chi connectivity index (χ3v) is 12.9. The minimum absolute atomic E-state index is 0.0624. The lowest BCUT2D eigenvalue weighted by molar-refractivity contribution is -0.160. The maximum absolute atomic E-state index is 14.5. The number of aliphatic hydroxyl groups excluding tert-OH is 2. The molecule has 5 bridgehead atoms. The molecule has 0 radical (unpaired) electrons. The molecule has 7 rings (SSSR count). The normalized spacial score (nSPS) is 33.5. The molecule has 2 aromatic carbocycles. The summed E-state index contributed by atoms with van der Waals surface area (Å²) >= 11 is 0. The molecule has 0 spiro atoms. The average Bonchev–Trinajstić information content (AvgIpc) is 3.80. The van der Waals surface area contributed by atoms with Crippen molar-refractivity contribution in [2.24, 2.45) is 28.8 Å². The molecule has 332 valence electrons. The minimum atomic E-state index is -2.04. The molecule has 2 aromatic rings. The number of rotatable bonds is 4. The quantitative estimate of drug-likeness (QED) is 0.105. The summed E-state index contributed by atoms with van der Waals surface area (Å²) in [6, 6.07) is 0.315. The van der Waals surface area contributed by atoms with Gasteiger partial charge in [0, 0.05) is 80.3 Å². The number of anilines is 1. The molecule has 1 amide bonds. The number of carbonyl (C=O) groups excluding carboxylic acids is 3. The number of ether oxygens (including phenoxy) is 4. The zero-order chi connectivity index (χ0) is 44.7. The first-order chi connectivity index (χ1) is 28.8. The van der Waals surface area contributed by atoms with Gasteiger partial charge in [0.15, 0.2) is 5.75 Å². The van der Waals surface area contributed by atoms with Gasteiger partial charge in [0.25, 0.3) is 11.7 Å². The lowest BCUT2D eigenvalue weighted by atomic mass is 9.78. The van der Waals surface area contributed by atoms with E-state index in [2.05, 4.69) is 15.3 Å². The Morgan fingerprint density at radius 2 is 1.69 bits per heavy atom. The number of hydrazone groups is 1. The van der Waals surface area contributed by atoms with Gasteiger partial charge in [0.1, 0.15) is 23.4 Å².